The topological polar surface area (TPSA) is 127 Å². The first-order valence-electron chi connectivity index (χ1n) is 14.9. The molecular weight excluding hydrogens is 568 g/mol. The number of aliphatic hydroxyl groups is 1. The van der Waals surface area contributed by atoms with Gasteiger partial charge in [-0.05, 0) is 76.1 Å². The Balaban J connectivity index is 1.70. The van der Waals surface area contributed by atoms with Crippen molar-refractivity contribution in [3.63, 3.8) is 0 Å². The van der Waals surface area contributed by atoms with Gasteiger partial charge in [0.2, 0.25) is 0 Å². The monoisotopic (exact) mass is 604 g/mol. The molecule has 0 bridgehead atoms. The molecule has 10 heteroatoms. The Morgan fingerprint density at radius 2 is 1.76 bits per heavy atom. The summed E-state index contributed by atoms with van der Waals surface area (Å²) in [6, 6.07) is 15.4. The molecule has 6 rings (SSSR count). The van der Waals surface area contributed by atoms with Gasteiger partial charge in [0.25, 0.3) is 11.5 Å². The number of aromatic nitrogens is 5. The number of ether oxygens (including phenoxy) is 1. The van der Waals surface area contributed by atoms with Crippen molar-refractivity contribution in [3.05, 3.63) is 94.3 Å². The lowest BCUT2D eigenvalue weighted by molar-refractivity contribution is 0.0592. The minimum atomic E-state index is -1.05. The van der Waals surface area contributed by atoms with Crippen molar-refractivity contribution in [1.29, 1.82) is 0 Å². The number of aromatic amines is 1. The number of H-pyrrole nitrogens is 1. The standard InChI is InChI=1S/C35H36N6O4/c1-7-37-33(42)27-15-24-26(18-40(6)34(43)31(24)38-27)23-16-28-25(17-29(23)45-32-20(2)9-8-10-21(32)3)30(22-11-13-36-14-12-22)39-41(28)19-35(4,5)44/h8-18,38,44H,7,19H2,1-6H3,(H,37,42). The van der Waals surface area contributed by atoms with Crippen molar-refractivity contribution >= 4 is 27.7 Å². The summed E-state index contributed by atoms with van der Waals surface area (Å²) in [7, 11) is 1.68. The summed E-state index contributed by atoms with van der Waals surface area (Å²) in [4.78, 5) is 33.3. The van der Waals surface area contributed by atoms with E-state index in [1.807, 2.05) is 63.2 Å². The molecule has 2 aromatic carbocycles. The van der Waals surface area contributed by atoms with E-state index in [1.165, 1.54) is 4.57 Å². The third-order valence-electron chi connectivity index (χ3n) is 7.80. The van der Waals surface area contributed by atoms with E-state index in [9.17, 15) is 14.7 Å². The third kappa shape index (κ3) is 5.60. The molecule has 1 amide bonds. The van der Waals surface area contributed by atoms with Crippen LogP contribution in [0.4, 0.5) is 0 Å². The summed E-state index contributed by atoms with van der Waals surface area (Å²) in [5, 5.41) is 20.0. The number of hydrogen-bond donors (Lipinski definition) is 3. The molecule has 45 heavy (non-hydrogen) atoms. The number of hydrogen-bond acceptors (Lipinski definition) is 6. The molecule has 0 radical (unpaired) electrons. The molecule has 230 valence electrons. The van der Waals surface area contributed by atoms with E-state index in [2.05, 4.69) is 15.3 Å². The van der Waals surface area contributed by atoms with Crippen LogP contribution in [0.1, 0.15) is 42.4 Å². The van der Waals surface area contributed by atoms with Gasteiger partial charge in [0.1, 0.15) is 28.4 Å². The van der Waals surface area contributed by atoms with Gasteiger partial charge >= 0.3 is 0 Å². The summed E-state index contributed by atoms with van der Waals surface area (Å²) < 4.78 is 10.1. The van der Waals surface area contributed by atoms with Crippen LogP contribution in [-0.4, -0.2) is 47.5 Å². The maximum absolute atomic E-state index is 13.3. The number of fused-ring (bicyclic) bond motifs is 2. The fraction of sp³-hybridized carbons (Fsp3) is 0.257. The van der Waals surface area contributed by atoms with Crippen molar-refractivity contribution in [1.82, 2.24) is 29.6 Å². The number of carbonyl (C=O) groups excluding carboxylic acids is 1. The lowest BCUT2D eigenvalue weighted by Gasteiger charge is -2.19. The summed E-state index contributed by atoms with van der Waals surface area (Å²) in [6.45, 7) is 10.0. The van der Waals surface area contributed by atoms with Crippen LogP contribution < -0.4 is 15.6 Å². The number of para-hydroxylation sites is 1. The van der Waals surface area contributed by atoms with Crippen LogP contribution >= 0.6 is 0 Å². The van der Waals surface area contributed by atoms with Gasteiger partial charge in [0.15, 0.2) is 0 Å². The minimum Gasteiger partial charge on any atom is -0.456 e. The Kier molecular flexibility index (Phi) is 7.54. The number of aryl methyl sites for hydroxylation is 3. The molecule has 0 unspecified atom stereocenters. The lowest BCUT2D eigenvalue weighted by atomic mass is 9.99. The molecular formula is C35H36N6O4. The van der Waals surface area contributed by atoms with E-state index in [1.54, 1.807) is 50.2 Å². The third-order valence-corrected chi connectivity index (χ3v) is 7.80. The van der Waals surface area contributed by atoms with Gasteiger partial charge in [-0.1, -0.05) is 18.2 Å². The lowest BCUT2D eigenvalue weighted by Crippen LogP contribution is -2.26. The molecule has 4 heterocycles. The van der Waals surface area contributed by atoms with Crippen LogP contribution in [0.15, 0.2) is 71.9 Å². The maximum atomic E-state index is 13.3. The van der Waals surface area contributed by atoms with Gasteiger partial charge in [-0.2, -0.15) is 5.10 Å². The van der Waals surface area contributed by atoms with Crippen molar-refractivity contribution in [3.8, 4) is 33.9 Å². The van der Waals surface area contributed by atoms with Gasteiger partial charge < -0.3 is 24.7 Å². The zero-order valence-corrected chi connectivity index (χ0v) is 26.2. The fourth-order valence-corrected chi connectivity index (χ4v) is 5.70. The molecule has 0 spiro atoms. The second-order valence-electron chi connectivity index (χ2n) is 12.0. The number of rotatable bonds is 8. The van der Waals surface area contributed by atoms with Crippen LogP contribution in [0.5, 0.6) is 11.5 Å². The smallest absolute Gasteiger partial charge is 0.274 e. The van der Waals surface area contributed by atoms with Crippen LogP contribution in [0.2, 0.25) is 0 Å². The highest BCUT2D eigenvalue weighted by Gasteiger charge is 2.24. The SMILES string of the molecule is CCNC(=O)c1cc2c(-c3cc4c(cc3Oc3c(C)cccc3C)c(-c3ccncc3)nn4CC(C)(C)O)cn(C)c(=O)c2[nH]1. The number of nitrogens with one attached hydrogen (secondary N) is 2. The van der Waals surface area contributed by atoms with E-state index in [-0.39, 0.29) is 18.0 Å². The quantitative estimate of drug-likeness (QED) is 0.199. The fourth-order valence-electron chi connectivity index (χ4n) is 5.70. The van der Waals surface area contributed by atoms with Crippen LogP contribution in [-0.2, 0) is 13.6 Å². The number of carbonyl (C=O) groups is 1. The van der Waals surface area contributed by atoms with Gasteiger partial charge in [0, 0.05) is 59.6 Å². The zero-order valence-electron chi connectivity index (χ0n) is 26.2. The zero-order chi connectivity index (χ0) is 32.0. The number of nitrogens with zero attached hydrogens (tertiary/aromatic N) is 4. The van der Waals surface area contributed by atoms with E-state index < -0.39 is 5.60 Å². The molecule has 0 atom stereocenters. The predicted octanol–water partition coefficient (Wildman–Crippen LogP) is 5.88. The van der Waals surface area contributed by atoms with Crippen molar-refractivity contribution in [2.75, 3.05) is 6.54 Å². The summed E-state index contributed by atoms with van der Waals surface area (Å²) in [5.74, 6) is 0.985. The van der Waals surface area contributed by atoms with Gasteiger partial charge in [-0.15, -0.1) is 0 Å². The van der Waals surface area contributed by atoms with Crippen molar-refractivity contribution in [2.24, 2.45) is 7.05 Å². The molecule has 0 aliphatic carbocycles. The summed E-state index contributed by atoms with van der Waals surface area (Å²) >= 11 is 0. The van der Waals surface area contributed by atoms with E-state index in [0.717, 1.165) is 39.0 Å². The largest absolute Gasteiger partial charge is 0.456 e. The van der Waals surface area contributed by atoms with E-state index in [4.69, 9.17) is 9.84 Å². The molecule has 0 fully saturated rings. The Bertz CT molecular complexity index is 2110. The predicted molar refractivity (Wildman–Crippen MR) is 176 cm³/mol. The average molecular weight is 605 g/mol. The first kappa shape index (κ1) is 29.8. The van der Waals surface area contributed by atoms with Gasteiger partial charge in [-0.3, -0.25) is 19.3 Å². The van der Waals surface area contributed by atoms with Gasteiger partial charge in [-0.25, -0.2) is 0 Å². The highest BCUT2D eigenvalue weighted by Crippen LogP contribution is 2.43. The maximum Gasteiger partial charge on any atom is 0.274 e. The minimum absolute atomic E-state index is 0.235. The Labute approximate surface area is 260 Å². The van der Waals surface area contributed by atoms with Crippen LogP contribution in [0.3, 0.4) is 0 Å². The molecule has 6 aromatic rings. The normalized spacial score (nSPS) is 11.8. The Hall–Kier alpha value is -5.22. The average Bonchev–Trinajstić information content (AvgIpc) is 3.59. The van der Waals surface area contributed by atoms with Crippen LogP contribution in [0, 0.1) is 13.8 Å². The molecule has 3 N–H and O–H groups in total. The number of pyridine rings is 2. The van der Waals surface area contributed by atoms with Crippen LogP contribution in [0.25, 0.3) is 44.2 Å². The Morgan fingerprint density at radius 3 is 2.42 bits per heavy atom. The summed E-state index contributed by atoms with van der Waals surface area (Å²) in [6.07, 6.45) is 5.20. The Morgan fingerprint density at radius 1 is 1.04 bits per heavy atom. The van der Waals surface area contributed by atoms with Crippen molar-refractivity contribution < 1.29 is 14.6 Å². The van der Waals surface area contributed by atoms with Crippen molar-refractivity contribution in [2.45, 2.75) is 46.8 Å². The van der Waals surface area contributed by atoms with E-state index in [0.29, 0.717) is 40.0 Å². The molecule has 0 saturated carbocycles. The number of amides is 1. The second-order valence-corrected chi connectivity index (χ2v) is 12.0. The summed E-state index contributed by atoms with van der Waals surface area (Å²) in [5.41, 5.74) is 5.01. The van der Waals surface area contributed by atoms with Gasteiger partial charge in [0.05, 0.1) is 17.7 Å². The molecule has 4 aromatic heterocycles. The molecule has 0 aliphatic heterocycles. The highest BCUT2D eigenvalue weighted by molar-refractivity contribution is 6.05. The molecule has 0 aliphatic rings. The molecule has 0 saturated heterocycles. The first-order chi connectivity index (χ1) is 21.4. The first-order valence-corrected chi connectivity index (χ1v) is 14.9. The van der Waals surface area contributed by atoms with E-state index >= 15 is 0 Å². The molecule has 10 nitrogen and oxygen atoms in total. The second kappa shape index (κ2) is 11.4. The highest BCUT2D eigenvalue weighted by atomic mass is 16.5. The number of benzene rings is 2.